The van der Waals surface area contributed by atoms with E-state index in [1.807, 2.05) is 30.3 Å². The van der Waals surface area contributed by atoms with Gasteiger partial charge in [0.1, 0.15) is 0 Å². The van der Waals surface area contributed by atoms with Crippen LogP contribution < -0.4 is 0 Å². The number of nitrogens with zero attached hydrogens (tertiary/aromatic N) is 1. The monoisotopic (exact) mass is 341 g/mol. The second kappa shape index (κ2) is 10.2. The standard InChI is InChI=1S/C22H31NO2/c1-3-5-6-7-8-12-16-19(13-4-2)23-21(24)17-20(22(23)25)18-14-10-9-11-15-18/h9-11,14-15,17,19H,3-8,12-13,16H2,1-2H3. The van der Waals surface area contributed by atoms with Crippen LogP contribution in [0.5, 0.6) is 0 Å². The van der Waals surface area contributed by atoms with Crippen molar-refractivity contribution < 1.29 is 9.59 Å². The molecule has 0 fully saturated rings. The number of amides is 2. The van der Waals surface area contributed by atoms with Crippen LogP contribution in [0, 0.1) is 0 Å². The quantitative estimate of drug-likeness (QED) is 0.401. The molecule has 2 rings (SSSR count). The van der Waals surface area contributed by atoms with Crippen molar-refractivity contribution in [1.29, 1.82) is 0 Å². The molecule has 1 unspecified atom stereocenters. The van der Waals surface area contributed by atoms with Gasteiger partial charge >= 0.3 is 0 Å². The fourth-order valence-corrected chi connectivity index (χ4v) is 3.55. The average Bonchev–Trinajstić information content (AvgIpc) is 2.92. The summed E-state index contributed by atoms with van der Waals surface area (Å²) in [7, 11) is 0. The van der Waals surface area contributed by atoms with Crippen molar-refractivity contribution in [2.75, 3.05) is 0 Å². The molecule has 1 aliphatic rings. The number of carbonyl (C=O) groups is 2. The van der Waals surface area contributed by atoms with Crippen LogP contribution in [-0.4, -0.2) is 22.8 Å². The Morgan fingerprint density at radius 3 is 2.20 bits per heavy atom. The van der Waals surface area contributed by atoms with Gasteiger partial charge in [0.05, 0.1) is 5.57 Å². The lowest BCUT2D eigenvalue weighted by Crippen LogP contribution is -2.40. The van der Waals surface area contributed by atoms with Crippen LogP contribution >= 0.6 is 0 Å². The Balaban J connectivity index is 1.97. The van der Waals surface area contributed by atoms with Gasteiger partial charge < -0.3 is 0 Å². The normalized spacial score (nSPS) is 15.6. The van der Waals surface area contributed by atoms with Gasteiger partial charge in [0.2, 0.25) is 0 Å². The van der Waals surface area contributed by atoms with E-state index < -0.39 is 0 Å². The van der Waals surface area contributed by atoms with Crippen LogP contribution in [0.4, 0.5) is 0 Å². The van der Waals surface area contributed by atoms with Gasteiger partial charge in [-0.15, -0.1) is 0 Å². The maximum atomic E-state index is 12.8. The Labute approximate surface area is 152 Å². The third kappa shape index (κ3) is 5.29. The highest BCUT2D eigenvalue weighted by atomic mass is 16.2. The first-order chi connectivity index (χ1) is 12.2. The minimum atomic E-state index is -0.145. The van der Waals surface area contributed by atoms with E-state index in [4.69, 9.17) is 0 Å². The summed E-state index contributed by atoms with van der Waals surface area (Å²) in [5, 5.41) is 0. The molecule has 3 heteroatoms. The average molecular weight is 341 g/mol. The molecule has 136 valence electrons. The van der Waals surface area contributed by atoms with E-state index in [1.54, 1.807) is 0 Å². The molecule has 3 nitrogen and oxygen atoms in total. The third-order valence-corrected chi connectivity index (χ3v) is 4.92. The van der Waals surface area contributed by atoms with Crippen molar-refractivity contribution in [3.05, 3.63) is 42.0 Å². The van der Waals surface area contributed by atoms with Crippen LogP contribution in [0.2, 0.25) is 0 Å². The molecule has 0 N–H and O–H groups in total. The lowest BCUT2D eigenvalue weighted by Gasteiger charge is -2.26. The molecule has 2 amide bonds. The first-order valence-corrected chi connectivity index (χ1v) is 9.83. The maximum absolute atomic E-state index is 12.8. The van der Waals surface area contributed by atoms with Crippen molar-refractivity contribution in [2.45, 2.75) is 77.7 Å². The lowest BCUT2D eigenvalue weighted by molar-refractivity contribution is -0.139. The van der Waals surface area contributed by atoms with Crippen LogP contribution in [0.1, 0.15) is 77.2 Å². The molecular weight excluding hydrogens is 310 g/mol. The van der Waals surface area contributed by atoms with E-state index in [0.717, 1.165) is 31.2 Å². The SMILES string of the molecule is CCCCCCCCC(CCC)N1C(=O)C=C(c2ccccc2)C1=O. The van der Waals surface area contributed by atoms with Crippen LogP contribution in [0.25, 0.3) is 5.57 Å². The smallest absolute Gasteiger partial charge is 0.261 e. The zero-order valence-corrected chi connectivity index (χ0v) is 15.7. The topological polar surface area (TPSA) is 37.4 Å². The fraction of sp³-hybridized carbons (Fsp3) is 0.545. The summed E-state index contributed by atoms with van der Waals surface area (Å²) in [5.41, 5.74) is 1.37. The first-order valence-electron chi connectivity index (χ1n) is 9.83. The summed E-state index contributed by atoms with van der Waals surface area (Å²) in [6.45, 7) is 4.34. The van der Waals surface area contributed by atoms with E-state index in [9.17, 15) is 9.59 Å². The lowest BCUT2D eigenvalue weighted by atomic mass is 10.0. The first kappa shape index (κ1) is 19.4. The van der Waals surface area contributed by atoms with E-state index in [0.29, 0.717) is 5.57 Å². The molecule has 0 aromatic heterocycles. The van der Waals surface area contributed by atoms with E-state index in [-0.39, 0.29) is 17.9 Å². The van der Waals surface area contributed by atoms with Crippen LogP contribution in [-0.2, 0) is 9.59 Å². The summed E-state index contributed by atoms with van der Waals surface area (Å²) >= 11 is 0. The van der Waals surface area contributed by atoms with Gasteiger partial charge in [0.15, 0.2) is 0 Å². The highest BCUT2D eigenvalue weighted by Crippen LogP contribution is 2.28. The van der Waals surface area contributed by atoms with Gasteiger partial charge in [-0.3, -0.25) is 14.5 Å². The van der Waals surface area contributed by atoms with Crippen molar-refractivity contribution in [2.24, 2.45) is 0 Å². The Kier molecular flexibility index (Phi) is 7.90. The molecule has 1 atom stereocenters. The minimum absolute atomic E-state index is 0.0358. The summed E-state index contributed by atoms with van der Waals surface area (Å²) in [5.74, 6) is -0.270. The van der Waals surface area contributed by atoms with Crippen molar-refractivity contribution in [1.82, 2.24) is 4.90 Å². The second-order valence-electron chi connectivity index (χ2n) is 6.94. The molecule has 0 spiro atoms. The number of imide groups is 1. The summed E-state index contributed by atoms with van der Waals surface area (Å²) in [6, 6.07) is 9.54. The number of benzene rings is 1. The van der Waals surface area contributed by atoms with Crippen LogP contribution in [0.15, 0.2) is 36.4 Å². The fourth-order valence-electron chi connectivity index (χ4n) is 3.55. The van der Waals surface area contributed by atoms with Crippen LogP contribution in [0.3, 0.4) is 0 Å². The summed E-state index contributed by atoms with van der Waals surface area (Å²) < 4.78 is 0. The number of hydrogen-bond donors (Lipinski definition) is 0. The second-order valence-corrected chi connectivity index (χ2v) is 6.94. The molecule has 1 aromatic carbocycles. The molecule has 1 aliphatic heterocycles. The Hall–Kier alpha value is -1.90. The Morgan fingerprint density at radius 2 is 1.52 bits per heavy atom. The van der Waals surface area contributed by atoms with Gasteiger partial charge in [-0.1, -0.05) is 89.1 Å². The van der Waals surface area contributed by atoms with Gasteiger partial charge in [0.25, 0.3) is 11.8 Å². The highest BCUT2D eigenvalue weighted by Gasteiger charge is 2.36. The molecule has 25 heavy (non-hydrogen) atoms. The van der Waals surface area contributed by atoms with Crippen molar-refractivity contribution in [3.8, 4) is 0 Å². The molecule has 0 aliphatic carbocycles. The van der Waals surface area contributed by atoms with Gasteiger partial charge in [-0.25, -0.2) is 0 Å². The van der Waals surface area contributed by atoms with Crippen molar-refractivity contribution in [3.63, 3.8) is 0 Å². The van der Waals surface area contributed by atoms with Gasteiger partial charge in [0, 0.05) is 12.1 Å². The molecule has 1 heterocycles. The number of hydrogen-bond acceptors (Lipinski definition) is 2. The molecule has 1 aromatic rings. The number of unbranched alkanes of at least 4 members (excludes halogenated alkanes) is 5. The van der Waals surface area contributed by atoms with E-state index >= 15 is 0 Å². The molecule has 0 saturated heterocycles. The predicted octanol–water partition coefficient (Wildman–Crippen LogP) is 5.36. The molecule has 0 bridgehead atoms. The van der Waals surface area contributed by atoms with Gasteiger partial charge in [-0.2, -0.15) is 0 Å². The maximum Gasteiger partial charge on any atom is 0.261 e. The molecule has 0 saturated carbocycles. The summed E-state index contributed by atoms with van der Waals surface area (Å²) in [6.07, 6.45) is 11.7. The predicted molar refractivity (Wildman–Crippen MR) is 103 cm³/mol. The largest absolute Gasteiger partial charge is 0.272 e. The zero-order chi connectivity index (χ0) is 18.1. The minimum Gasteiger partial charge on any atom is -0.272 e. The molecule has 0 radical (unpaired) electrons. The Bertz CT molecular complexity index is 591. The summed E-state index contributed by atoms with van der Waals surface area (Å²) in [4.78, 5) is 26.8. The van der Waals surface area contributed by atoms with E-state index in [1.165, 1.54) is 43.1 Å². The van der Waals surface area contributed by atoms with Gasteiger partial charge in [-0.05, 0) is 18.4 Å². The highest BCUT2D eigenvalue weighted by molar-refractivity contribution is 6.33. The number of rotatable bonds is 11. The molecular formula is C22H31NO2. The van der Waals surface area contributed by atoms with E-state index in [2.05, 4.69) is 13.8 Å². The third-order valence-electron chi connectivity index (χ3n) is 4.92. The zero-order valence-electron chi connectivity index (χ0n) is 15.7. The van der Waals surface area contributed by atoms with Crippen molar-refractivity contribution >= 4 is 17.4 Å². The Morgan fingerprint density at radius 1 is 0.840 bits per heavy atom. The number of carbonyl (C=O) groups excluding carboxylic acids is 2.